The van der Waals surface area contributed by atoms with Gasteiger partial charge in [0.05, 0.1) is 36.0 Å². The molecule has 0 bridgehead atoms. The zero-order valence-corrected chi connectivity index (χ0v) is 27.3. The van der Waals surface area contributed by atoms with Crippen molar-refractivity contribution in [3.8, 4) is 0 Å². The highest BCUT2D eigenvalue weighted by Gasteiger charge is 2.63. The van der Waals surface area contributed by atoms with Crippen LogP contribution in [0.25, 0.3) is 5.65 Å². The van der Waals surface area contributed by atoms with E-state index in [0.717, 1.165) is 62.1 Å². The maximum Gasteiger partial charge on any atom is 0.271 e. The van der Waals surface area contributed by atoms with Gasteiger partial charge in [-0.2, -0.15) is 0 Å². The summed E-state index contributed by atoms with van der Waals surface area (Å²) in [6.07, 6.45) is 6.82. The lowest BCUT2D eigenvalue weighted by atomic mass is 9.68. The van der Waals surface area contributed by atoms with Gasteiger partial charge in [-0.05, 0) is 75.4 Å². The van der Waals surface area contributed by atoms with E-state index in [9.17, 15) is 4.79 Å². The average Bonchev–Trinajstić information content (AvgIpc) is 3.67. The third kappa shape index (κ3) is 5.26. The number of imidazole rings is 1. The summed E-state index contributed by atoms with van der Waals surface area (Å²) < 4.78 is 38.7. The van der Waals surface area contributed by atoms with Crippen molar-refractivity contribution in [2.24, 2.45) is 5.41 Å². The van der Waals surface area contributed by atoms with Gasteiger partial charge < -0.3 is 25.6 Å². The molecule has 13 heteroatoms. The largest absolute Gasteiger partial charge is 0.385 e. The van der Waals surface area contributed by atoms with Crippen LogP contribution in [0.1, 0.15) is 53.7 Å². The van der Waals surface area contributed by atoms with Crippen LogP contribution in [0, 0.1) is 5.41 Å². The number of rotatable bonds is 8. The van der Waals surface area contributed by atoms with E-state index in [1.54, 1.807) is 17.8 Å². The minimum atomic E-state index is -2.71. The van der Waals surface area contributed by atoms with E-state index in [1.165, 1.54) is 5.56 Å². The zero-order valence-electron chi connectivity index (χ0n) is 27.3. The van der Waals surface area contributed by atoms with E-state index in [0.29, 0.717) is 62.3 Å². The standard InChI is InChI=1S/C34H45F2N9O2/c1-37-26-16-30(41-45-28(17-39-31(26)45)32(46)40-25-6-7-29(25)47-2)44-14-10-24-22(4-3-5-27(24)44)18-42-15-11-33(34(35,36)21-42)19-43(20-33)23-8-12-38-13-9-23/h3-5,16-17,23,25,29,37-38H,6-15,18-21H2,1-2H3,(H,40,46)/t25-,29-/m1/s1. The predicted molar refractivity (Wildman–Crippen MR) is 176 cm³/mol. The summed E-state index contributed by atoms with van der Waals surface area (Å²) in [6, 6.07) is 8.53. The molecule has 1 aromatic carbocycles. The van der Waals surface area contributed by atoms with Gasteiger partial charge in [-0.3, -0.25) is 14.6 Å². The van der Waals surface area contributed by atoms with E-state index >= 15 is 8.78 Å². The number of methoxy groups -OCH3 is 1. The van der Waals surface area contributed by atoms with Gasteiger partial charge in [0.15, 0.2) is 17.2 Å². The van der Waals surface area contributed by atoms with Crippen molar-refractivity contribution in [2.45, 2.75) is 69.2 Å². The SMILES string of the molecule is CNc1cc(N2CCc3c(CN4CCC5(CN(C6CCNCC6)C5)C(F)(F)C4)cccc32)nn2c(C(=O)N[C@@H]3CC[C@H]3OC)cnc12. The van der Waals surface area contributed by atoms with Gasteiger partial charge in [0, 0.05) is 58.1 Å². The van der Waals surface area contributed by atoms with Crippen LogP contribution < -0.4 is 20.9 Å². The molecule has 1 saturated carbocycles. The maximum absolute atomic E-state index is 15.8. The van der Waals surface area contributed by atoms with E-state index in [1.807, 2.05) is 24.1 Å². The Balaban J connectivity index is 0.990. The average molecular weight is 650 g/mol. The number of anilines is 3. The van der Waals surface area contributed by atoms with Crippen LogP contribution in [-0.2, 0) is 17.7 Å². The van der Waals surface area contributed by atoms with Gasteiger partial charge >= 0.3 is 0 Å². The Labute approximate surface area is 274 Å². The summed E-state index contributed by atoms with van der Waals surface area (Å²) in [5.74, 6) is -2.25. The summed E-state index contributed by atoms with van der Waals surface area (Å²) >= 11 is 0. The fraction of sp³-hybridized carbons (Fsp3) is 0.618. The quantitative estimate of drug-likeness (QED) is 0.340. The van der Waals surface area contributed by atoms with Crippen LogP contribution in [0.2, 0.25) is 0 Å². The maximum atomic E-state index is 15.8. The molecule has 1 aliphatic carbocycles. The van der Waals surface area contributed by atoms with Crippen LogP contribution in [-0.4, -0.2) is 114 Å². The summed E-state index contributed by atoms with van der Waals surface area (Å²) in [4.78, 5) is 24.2. The number of alkyl halides is 2. The predicted octanol–water partition coefficient (Wildman–Crippen LogP) is 3.27. The number of halogens is 2. The van der Waals surface area contributed by atoms with Crippen LogP contribution in [0.5, 0.6) is 0 Å². The van der Waals surface area contributed by atoms with Crippen molar-refractivity contribution in [1.29, 1.82) is 0 Å². The van der Waals surface area contributed by atoms with Gasteiger partial charge in [0.1, 0.15) is 0 Å². The number of carbonyl (C=O) groups excluding carboxylic acids is 1. The van der Waals surface area contributed by atoms with Crippen molar-refractivity contribution in [2.75, 3.05) is 70.2 Å². The van der Waals surface area contributed by atoms with E-state index in [2.05, 4.69) is 42.9 Å². The van der Waals surface area contributed by atoms with Crippen LogP contribution in [0.3, 0.4) is 0 Å². The number of nitrogens with zero attached hydrogens (tertiary/aromatic N) is 6. The third-order valence-corrected chi connectivity index (χ3v) is 11.5. The number of piperidine rings is 2. The number of hydrogen-bond acceptors (Lipinski definition) is 9. The van der Waals surface area contributed by atoms with Gasteiger partial charge in [-0.25, -0.2) is 18.3 Å². The van der Waals surface area contributed by atoms with Gasteiger partial charge in [-0.1, -0.05) is 12.1 Å². The number of carbonyl (C=O) groups is 1. The van der Waals surface area contributed by atoms with Crippen LogP contribution in [0.15, 0.2) is 30.5 Å². The molecule has 8 rings (SSSR count). The number of amides is 1. The van der Waals surface area contributed by atoms with Crippen molar-refractivity contribution < 1.29 is 18.3 Å². The van der Waals surface area contributed by atoms with E-state index in [4.69, 9.17) is 9.84 Å². The number of ether oxygens (including phenoxy) is 1. The first-order valence-corrected chi connectivity index (χ1v) is 17.1. The Bertz CT molecular complexity index is 1650. The second kappa shape index (κ2) is 11.9. The number of hydrogen-bond donors (Lipinski definition) is 3. The first kappa shape index (κ1) is 30.9. The monoisotopic (exact) mass is 649 g/mol. The molecule has 4 aliphatic heterocycles. The smallest absolute Gasteiger partial charge is 0.271 e. The Hall–Kier alpha value is -3.39. The first-order valence-electron chi connectivity index (χ1n) is 17.1. The lowest BCUT2D eigenvalue weighted by Crippen LogP contribution is -2.71. The molecule has 5 aliphatic rings. The number of fused-ring (bicyclic) bond motifs is 2. The highest BCUT2D eigenvalue weighted by molar-refractivity contribution is 5.94. The Morgan fingerprint density at radius 1 is 1.13 bits per heavy atom. The Morgan fingerprint density at radius 3 is 2.68 bits per heavy atom. The molecule has 252 valence electrons. The summed E-state index contributed by atoms with van der Waals surface area (Å²) in [7, 11) is 3.49. The number of likely N-dealkylation sites (tertiary alicyclic amines) is 2. The number of nitrogens with one attached hydrogen (secondary N) is 3. The molecule has 1 amide bonds. The molecule has 3 aromatic rings. The molecule has 0 unspecified atom stereocenters. The zero-order chi connectivity index (χ0) is 32.3. The summed E-state index contributed by atoms with van der Waals surface area (Å²) in [6.45, 7) is 4.71. The fourth-order valence-corrected chi connectivity index (χ4v) is 8.49. The summed E-state index contributed by atoms with van der Waals surface area (Å²) in [5, 5.41) is 14.6. The molecule has 4 fully saturated rings. The molecule has 0 radical (unpaired) electrons. The molecular weight excluding hydrogens is 604 g/mol. The topological polar surface area (TPSA) is 102 Å². The minimum absolute atomic E-state index is 0.0230. The van der Waals surface area contributed by atoms with Crippen molar-refractivity contribution in [3.05, 3.63) is 47.3 Å². The molecule has 2 atom stereocenters. The highest BCUT2D eigenvalue weighted by Crippen LogP contribution is 2.51. The van der Waals surface area contributed by atoms with Gasteiger partial charge in [0.2, 0.25) is 0 Å². The van der Waals surface area contributed by atoms with Crippen molar-refractivity contribution >= 4 is 28.7 Å². The van der Waals surface area contributed by atoms with E-state index < -0.39 is 11.3 Å². The Morgan fingerprint density at radius 2 is 1.96 bits per heavy atom. The second-order valence-corrected chi connectivity index (χ2v) is 14.1. The lowest BCUT2D eigenvalue weighted by molar-refractivity contribution is -0.233. The third-order valence-electron chi connectivity index (χ3n) is 11.5. The number of benzene rings is 1. The van der Waals surface area contributed by atoms with Gasteiger partial charge in [0.25, 0.3) is 11.8 Å². The van der Waals surface area contributed by atoms with Crippen LogP contribution >= 0.6 is 0 Å². The lowest BCUT2D eigenvalue weighted by Gasteiger charge is -2.59. The molecule has 47 heavy (non-hydrogen) atoms. The first-order chi connectivity index (χ1) is 22.8. The molecule has 11 nitrogen and oxygen atoms in total. The molecule has 2 aromatic heterocycles. The number of aromatic nitrogens is 3. The highest BCUT2D eigenvalue weighted by atomic mass is 19.3. The van der Waals surface area contributed by atoms with Crippen LogP contribution in [0.4, 0.5) is 26.0 Å². The van der Waals surface area contributed by atoms with Crippen molar-refractivity contribution in [1.82, 2.24) is 35.0 Å². The normalized spacial score (nSPS) is 25.8. The molecule has 6 heterocycles. The Kier molecular flexibility index (Phi) is 7.85. The molecule has 3 saturated heterocycles. The fourth-order valence-electron chi connectivity index (χ4n) is 8.49. The van der Waals surface area contributed by atoms with Gasteiger partial charge in [-0.15, -0.1) is 5.10 Å². The van der Waals surface area contributed by atoms with E-state index in [-0.39, 0.29) is 24.6 Å². The summed E-state index contributed by atoms with van der Waals surface area (Å²) in [5.41, 5.74) is 4.10. The molecule has 3 N–H and O–H groups in total. The van der Waals surface area contributed by atoms with Crippen molar-refractivity contribution in [3.63, 3.8) is 0 Å². The molecule has 1 spiro atoms. The molecular formula is C34H45F2N9O2. The minimum Gasteiger partial charge on any atom is -0.385 e. The second-order valence-electron chi connectivity index (χ2n) is 14.1.